The van der Waals surface area contributed by atoms with Crippen LogP contribution in [0.4, 0.5) is 5.69 Å². The van der Waals surface area contributed by atoms with Gasteiger partial charge >= 0.3 is 0 Å². The van der Waals surface area contributed by atoms with Gasteiger partial charge in [0.25, 0.3) is 11.8 Å². The molecule has 3 N–H and O–H groups in total. The Bertz CT molecular complexity index is 503. The van der Waals surface area contributed by atoms with Crippen LogP contribution in [0.15, 0.2) is 24.3 Å². The molecule has 0 spiro atoms. The highest BCUT2D eigenvalue weighted by atomic mass is 35.5. The second-order valence-corrected chi connectivity index (χ2v) is 6.40. The molecule has 1 rings (SSSR count). The predicted molar refractivity (Wildman–Crippen MR) is 89.1 cm³/mol. The number of rotatable bonds is 7. The average molecular weight is 327 g/mol. The quantitative estimate of drug-likeness (QED) is 0.699. The zero-order chi connectivity index (χ0) is 16.7. The van der Waals surface area contributed by atoms with Gasteiger partial charge in [-0.05, 0) is 37.1 Å². The molecule has 1 aromatic rings. The summed E-state index contributed by atoms with van der Waals surface area (Å²) in [4.78, 5) is 24.6. The Labute approximate surface area is 137 Å². The highest BCUT2D eigenvalue weighted by Crippen LogP contribution is 2.12. The third-order valence-electron chi connectivity index (χ3n) is 3.44. The van der Waals surface area contributed by atoms with Gasteiger partial charge in [-0.3, -0.25) is 9.59 Å². The summed E-state index contributed by atoms with van der Waals surface area (Å²) in [6, 6.07) is 7.05. The first-order chi connectivity index (χ1) is 10.3. The molecular formula is C16H25ClN3O2+. The largest absolute Gasteiger partial charge is 0.348 e. The van der Waals surface area contributed by atoms with Crippen LogP contribution in [0.1, 0.15) is 20.8 Å². The highest BCUT2D eigenvalue weighted by Gasteiger charge is 2.17. The van der Waals surface area contributed by atoms with E-state index >= 15 is 0 Å². The Morgan fingerprint density at radius 1 is 1.09 bits per heavy atom. The second kappa shape index (κ2) is 8.76. The summed E-state index contributed by atoms with van der Waals surface area (Å²) in [5.41, 5.74) is 0.695. The van der Waals surface area contributed by atoms with Gasteiger partial charge < -0.3 is 15.5 Å². The van der Waals surface area contributed by atoms with Gasteiger partial charge in [0.1, 0.15) is 0 Å². The number of hydrogen-bond donors (Lipinski definition) is 3. The summed E-state index contributed by atoms with van der Waals surface area (Å²) >= 11 is 5.79. The molecule has 1 aromatic carbocycles. The van der Waals surface area contributed by atoms with Gasteiger partial charge in [0.2, 0.25) is 0 Å². The molecule has 0 fully saturated rings. The maximum absolute atomic E-state index is 11.9. The van der Waals surface area contributed by atoms with Gasteiger partial charge in [0.15, 0.2) is 13.1 Å². The minimum absolute atomic E-state index is 0.0435. The molecule has 0 radical (unpaired) electrons. The van der Waals surface area contributed by atoms with E-state index < -0.39 is 0 Å². The van der Waals surface area contributed by atoms with Crippen molar-refractivity contribution < 1.29 is 14.5 Å². The third kappa shape index (κ3) is 6.91. The van der Waals surface area contributed by atoms with E-state index in [0.29, 0.717) is 16.6 Å². The standard InChI is InChI=1S/C16H24ClN3O2/c1-11(2)12(3)18-15(21)9-20(4)10-16(22)19-14-7-5-13(17)6-8-14/h5-8,11-12H,9-10H2,1-4H3,(H,18,21)(H,19,22)/p+1/t12-/m0/s1. The molecule has 2 atom stereocenters. The van der Waals surface area contributed by atoms with Crippen LogP contribution in [0, 0.1) is 5.92 Å². The predicted octanol–water partition coefficient (Wildman–Crippen LogP) is 0.954. The van der Waals surface area contributed by atoms with E-state index in [2.05, 4.69) is 24.5 Å². The molecule has 122 valence electrons. The van der Waals surface area contributed by atoms with Crippen LogP contribution >= 0.6 is 11.6 Å². The van der Waals surface area contributed by atoms with Crippen molar-refractivity contribution >= 4 is 29.1 Å². The SMILES string of the molecule is CC(C)[C@H](C)NC(=O)C[NH+](C)CC(=O)Nc1ccc(Cl)cc1. The molecule has 0 saturated heterocycles. The Balaban J connectivity index is 2.37. The van der Waals surface area contributed by atoms with E-state index in [4.69, 9.17) is 11.6 Å². The number of carbonyl (C=O) groups is 2. The van der Waals surface area contributed by atoms with E-state index in [-0.39, 0.29) is 30.9 Å². The molecule has 1 unspecified atom stereocenters. The maximum atomic E-state index is 11.9. The Hall–Kier alpha value is -1.59. The van der Waals surface area contributed by atoms with Crippen LogP contribution in [-0.4, -0.2) is 38.0 Å². The second-order valence-electron chi connectivity index (χ2n) is 5.97. The van der Waals surface area contributed by atoms with Gasteiger partial charge in [-0.2, -0.15) is 0 Å². The average Bonchev–Trinajstić information content (AvgIpc) is 2.40. The Kier molecular flexibility index (Phi) is 7.35. The number of hydrogen-bond acceptors (Lipinski definition) is 2. The van der Waals surface area contributed by atoms with Crippen molar-refractivity contribution in [3.8, 4) is 0 Å². The lowest BCUT2D eigenvalue weighted by molar-refractivity contribution is -0.862. The first kappa shape index (κ1) is 18.5. The summed E-state index contributed by atoms with van der Waals surface area (Å²) in [5, 5.41) is 6.34. The molecule has 2 amide bonds. The van der Waals surface area contributed by atoms with Crippen molar-refractivity contribution in [3.05, 3.63) is 29.3 Å². The summed E-state index contributed by atoms with van der Waals surface area (Å²) in [5.74, 6) is 0.208. The summed E-state index contributed by atoms with van der Waals surface area (Å²) in [6.45, 7) is 6.59. The van der Waals surface area contributed by atoms with Crippen molar-refractivity contribution in [2.24, 2.45) is 5.92 Å². The fourth-order valence-corrected chi connectivity index (χ4v) is 1.95. The number of anilines is 1. The first-order valence-electron chi connectivity index (χ1n) is 7.44. The smallest absolute Gasteiger partial charge is 0.279 e. The lowest BCUT2D eigenvalue weighted by Crippen LogP contribution is -3.11. The summed E-state index contributed by atoms with van der Waals surface area (Å²) in [6.07, 6.45) is 0. The monoisotopic (exact) mass is 326 g/mol. The lowest BCUT2D eigenvalue weighted by Gasteiger charge is -2.19. The number of benzene rings is 1. The molecule has 0 heterocycles. The molecule has 6 heteroatoms. The van der Waals surface area contributed by atoms with Crippen molar-refractivity contribution in [1.29, 1.82) is 0 Å². The van der Waals surface area contributed by atoms with Gasteiger partial charge in [0.05, 0.1) is 7.05 Å². The first-order valence-corrected chi connectivity index (χ1v) is 7.81. The number of amides is 2. The van der Waals surface area contributed by atoms with E-state index in [1.54, 1.807) is 24.3 Å². The number of likely N-dealkylation sites (N-methyl/N-ethyl adjacent to an activating group) is 1. The zero-order valence-electron chi connectivity index (χ0n) is 13.6. The molecule has 0 bridgehead atoms. The molecule has 0 aliphatic heterocycles. The van der Waals surface area contributed by atoms with Crippen molar-refractivity contribution in [3.63, 3.8) is 0 Å². The van der Waals surface area contributed by atoms with Crippen LogP contribution < -0.4 is 15.5 Å². The molecule has 22 heavy (non-hydrogen) atoms. The maximum Gasteiger partial charge on any atom is 0.279 e. The van der Waals surface area contributed by atoms with Crippen molar-refractivity contribution in [2.45, 2.75) is 26.8 Å². The molecule has 5 nitrogen and oxygen atoms in total. The van der Waals surface area contributed by atoms with E-state index in [1.807, 2.05) is 14.0 Å². The Morgan fingerprint density at radius 2 is 1.64 bits per heavy atom. The van der Waals surface area contributed by atoms with E-state index in [1.165, 1.54) is 0 Å². The lowest BCUT2D eigenvalue weighted by atomic mass is 10.1. The number of carbonyl (C=O) groups excluding carboxylic acids is 2. The topological polar surface area (TPSA) is 62.6 Å². The van der Waals surface area contributed by atoms with Gasteiger partial charge in [-0.25, -0.2) is 0 Å². The number of nitrogens with one attached hydrogen (secondary N) is 3. The van der Waals surface area contributed by atoms with E-state index in [9.17, 15) is 9.59 Å². The zero-order valence-corrected chi connectivity index (χ0v) is 14.3. The van der Waals surface area contributed by atoms with Crippen molar-refractivity contribution in [2.75, 3.05) is 25.5 Å². The fraction of sp³-hybridized carbons (Fsp3) is 0.500. The molecule has 0 aliphatic carbocycles. The van der Waals surface area contributed by atoms with Crippen molar-refractivity contribution in [1.82, 2.24) is 5.32 Å². The van der Waals surface area contributed by atoms with Gasteiger partial charge in [-0.1, -0.05) is 25.4 Å². The Morgan fingerprint density at radius 3 is 2.18 bits per heavy atom. The highest BCUT2D eigenvalue weighted by molar-refractivity contribution is 6.30. The third-order valence-corrected chi connectivity index (χ3v) is 3.69. The molecular weight excluding hydrogens is 302 g/mol. The van der Waals surface area contributed by atoms with Crippen LogP contribution in [0.25, 0.3) is 0 Å². The number of halogens is 1. The van der Waals surface area contributed by atoms with Crippen LogP contribution in [0.5, 0.6) is 0 Å². The molecule has 0 saturated carbocycles. The fourth-order valence-electron chi connectivity index (χ4n) is 1.82. The van der Waals surface area contributed by atoms with E-state index in [0.717, 1.165) is 4.90 Å². The number of quaternary nitrogens is 1. The van der Waals surface area contributed by atoms with Crippen LogP contribution in [0.3, 0.4) is 0 Å². The van der Waals surface area contributed by atoms with Crippen LogP contribution in [-0.2, 0) is 9.59 Å². The van der Waals surface area contributed by atoms with Gasteiger partial charge in [-0.15, -0.1) is 0 Å². The van der Waals surface area contributed by atoms with Crippen LogP contribution in [0.2, 0.25) is 5.02 Å². The van der Waals surface area contributed by atoms with Gasteiger partial charge in [0, 0.05) is 16.8 Å². The minimum Gasteiger partial charge on any atom is -0.348 e. The molecule has 0 aliphatic rings. The summed E-state index contributed by atoms with van der Waals surface area (Å²) < 4.78 is 0. The molecule has 0 aromatic heterocycles. The minimum atomic E-state index is -0.135. The normalized spacial score (nSPS) is 13.5. The summed E-state index contributed by atoms with van der Waals surface area (Å²) in [7, 11) is 1.82.